The van der Waals surface area contributed by atoms with Crippen molar-refractivity contribution < 1.29 is 17.9 Å². The fourth-order valence-corrected chi connectivity index (χ4v) is 3.62. The average molecular weight is 361 g/mol. The van der Waals surface area contributed by atoms with Crippen LogP contribution in [-0.4, -0.2) is 33.5 Å². The fraction of sp³-hybridized carbons (Fsp3) is 0.263. The molecule has 0 heterocycles. The first-order valence-corrected chi connectivity index (χ1v) is 9.26. The average Bonchev–Trinajstić information content (AvgIpc) is 2.61. The Labute approximate surface area is 149 Å². The Hall–Kier alpha value is -2.31. The van der Waals surface area contributed by atoms with E-state index in [4.69, 9.17) is 9.47 Å². The lowest BCUT2D eigenvalue weighted by Gasteiger charge is -2.18. The maximum absolute atomic E-state index is 12.7. The molecule has 0 aliphatic heterocycles. The second-order valence-corrected chi connectivity index (χ2v) is 7.68. The minimum absolute atomic E-state index is 0.249. The third kappa shape index (κ3) is 4.61. The number of benzene rings is 2. The van der Waals surface area contributed by atoms with Crippen molar-refractivity contribution in [2.24, 2.45) is 0 Å². The number of rotatable bonds is 8. The number of nitrogens with zero attached hydrogens (tertiary/aromatic N) is 1. The predicted molar refractivity (Wildman–Crippen MR) is 98.5 cm³/mol. The van der Waals surface area contributed by atoms with Crippen LogP contribution in [-0.2, 0) is 16.6 Å². The lowest BCUT2D eigenvalue weighted by molar-refractivity contribution is 0.363. The van der Waals surface area contributed by atoms with Crippen LogP contribution in [0.4, 0.5) is 0 Å². The molecule has 0 N–H and O–H groups in total. The van der Waals surface area contributed by atoms with Crippen LogP contribution >= 0.6 is 0 Å². The summed E-state index contributed by atoms with van der Waals surface area (Å²) in [6.07, 6.45) is 1.67. The smallest absolute Gasteiger partial charge is 0.243 e. The summed E-state index contributed by atoms with van der Waals surface area (Å²) in [5.74, 6) is 1.39. The Bertz CT molecular complexity index is 829. The van der Waals surface area contributed by atoms with Gasteiger partial charge in [-0.15, -0.1) is 0 Å². The van der Waals surface area contributed by atoms with Gasteiger partial charge in [-0.25, -0.2) is 8.42 Å². The minimum Gasteiger partial charge on any atom is -0.496 e. The van der Waals surface area contributed by atoms with Gasteiger partial charge in [0.1, 0.15) is 18.1 Å². The van der Waals surface area contributed by atoms with Gasteiger partial charge in [0.15, 0.2) is 0 Å². The molecule has 2 aromatic carbocycles. The van der Waals surface area contributed by atoms with Gasteiger partial charge >= 0.3 is 0 Å². The van der Waals surface area contributed by atoms with Crippen LogP contribution < -0.4 is 9.47 Å². The zero-order valence-electron chi connectivity index (χ0n) is 14.7. The summed E-state index contributed by atoms with van der Waals surface area (Å²) in [5, 5.41) is 0. The van der Waals surface area contributed by atoms with Crippen molar-refractivity contribution in [3.8, 4) is 11.5 Å². The van der Waals surface area contributed by atoms with Crippen molar-refractivity contribution in [3.63, 3.8) is 0 Å². The largest absolute Gasteiger partial charge is 0.496 e. The highest BCUT2D eigenvalue weighted by atomic mass is 32.2. The van der Waals surface area contributed by atoms with Crippen LogP contribution in [0.1, 0.15) is 11.1 Å². The molecule has 0 spiro atoms. The quantitative estimate of drug-likeness (QED) is 0.676. The summed E-state index contributed by atoms with van der Waals surface area (Å²) in [7, 11) is -0.449. The molecular formula is C19H23NO4S. The molecule has 134 valence electrons. The van der Waals surface area contributed by atoms with Crippen LogP contribution in [0.2, 0.25) is 0 Å². The molecule has 0 fully saturated rings. The van der Waals surface area contributed by atoms with E-state index in [1.165, 1.54) is 4.31 Å². The number of hydrogen-bond donors (Lipinski definition) is 0. The lowest BCUT2D eigenvalue weighted by Crippen LogP contribution is -2.26. The van der Waals surface area contributed by atoms with Crippen LogP contribution in [0.15, 0.2) is 60.0 Å². The highest BCUT2D eigenvalue weighted by molar-refractivity contribution is 7.89. The van der Waals surface area contributed by atoms with Gasteiger partial charge < -0.3 is 9.47 Å². The van der Waals surface area contributed by atoms with Gasteiger partial charge in [-0.1, -0.05) is 24.8 Å². The second kappa shape index (κ2) is 8.18. The molecule has 0 bridgehead atoms. The number of sulfonamides is 1. The summed E-state index contributed by atoms with van der Waals surface area (Å²) < 4.78 is 37.4. The first-order valence-electron chi connectivity index (χ1n) is 7.82. The molecule has 2 aromatic rings. The molecular weight excluding hydrogens is 338 g/mol. The molecule has 0 saturated heterocycles. The first kappa shape index (κ1) is 19.0. The summed E-state index contributed by atoms with van der Waals surface area (Å²) >= 11 is 0. The molecule has 0 atom stereocenters. The topological polar surface area (TPSA) is 55.8 Å². The molecule has 6 heteroatoms. The Balaban J connectivity index is 2.14. The van der Waals surface area contributed by atoms with Gasteiger partial charge in [0, 0.05) is 13.6 Å². The van der Waals surface area contributed by atoms with Gasteiger partial charge in [-0.3, -0.25) is 0 Å². The van der Waals surface area contributed by atoms with E-state index < -0.39 is 10.0 Å². The summed E-state index contributed by atoms with van der Waals surface area (Å²) in [4.78, 5) is 0.249. The zero-order valence-corrected chi connectivity index (χ0v) is 15.5. The molecule has 25 heavy (non-hydrogen) atoms. The molecule has 0 unspecified atom stereocenters. The third-order valence-electron chi connectivity index (χ3n) is 3.77. The van der Waals surface area contributed by atoms with Crippen LogP contribution in [0, 0.1) is 6.92 Å². The number of aryl methyl sites for hydroxylation is 1. The summed E-state index contributed by atoms with van der Waals surface area (Å²) in [6.45, 7) is 6.13. The molecule has 0 aromatic heterocycles. The van der Waals surface area contributed by atoms with Crippen molar-refractivity contribution in [2.75, 3.05) is 20.8 Å². The third-order valence-corrected chi connectivity index (χ3v) is 5.57. The Morgan fingerprint density at radius 1 is 1.16 bits per heavy atom. The Kier molecular flexibility index (Phi) is 6.22. The fourth-order valence-electron chi connectivity index (χ4n) is 2.38. The molecule has 0 amide bonds. The maximum atomic E-state index is 12.7. The predicted octanol–water partition coefficient (Wildman–Crippen LogP) is 3.39. The van der Waals surface area contributed by atoms with Gasteiger partial charge in [0.2, 0.25) is 10.0 Å². The molecule has 0 radical (unpaired) electrons. The molecule has 0 saturated carbocycles. The van der Waals surface area contributed by atoms with E-state index >= 15 is 0 Å². The van der Waals surface area contributed by atoms with Crippen molar-refractivity contribution >= 4 is 10.0 Å². The Morgan fingerprint density at radius 3 is 2.40 bits per heavy atom. The zero-order chi connectivity index (χ0) is 18.4. The monoisotopic (exact) mass is 361 g/mol. The van der Waals surface area contributed by atoms with Crippen LogP contribution in [0.5, 0.6) is 11.5 Å². The highest BCUT2D eigenvalue weighted by Gasteiger charge is 2.21. The summed E-state index contributed by atoms with van der Waals surface area (Å²) in [5.41, 5.74) is 1.66. The van der Waals surface area contributed by atoms with E-state index in [0.29, 0.717) is 12.4 Å². The van der Waals surface area contributed by atoms with E-state index in [1.54, 1.807) is 38.4 Å². The maximum Gasteiger partial charge on any atom is 0.243 e. The van der Waals surface area contributed by atoms with E-state index in [0.717, 1.165) is 16.9 Å². The van der Waals surface area contributed by atoms with Gasteiger partial charge in [0.25, 0.3) is 0 Å². The number of ether oxygens (including phenoxy) is 2. The normalized spacial score (nSPS) is 11.4. The van der Waals surface area contributed by atoms with Crippen LogP contribution in [0.25, 0.3) is 0 Å². The van der Waals surface area contributed by atoms with Gasteiger partial charge in [-0.2, -0.15) is 4.31 Å². The first-order chi connectivity index (χ1) is 11.9. The van der Waals surface area contributed by atoms with Gasteiger partial charge in [0.05, 0.1) is 12.0 Å². The van der Waals surface area contributed by atoms with Crippen molar-refractivity contribution in [1.82, 2.24) is 4.31 Å². The lowest BCUT2D eigenvalue weighted by atomic mass is 10.2. The van der Waals surface area contributed by atoms with Gasteiger partial charge in [-0.05, 0) is 48.4 Å². The van der Waals surface area contributed by atoms with E-state index in [-0.39, 0.29) is 11.4 Å². The summed E-state index contributed by atoms with van der Waals surface area (Å²) in [6, 6.07) is 12.2. The van der Waals surface area contributed by atoms with Crippen LogP contribution in [0.3, 0.4) is 0 Å². The van der Waals surface area contributed by atoms with Crippen molar-refractivity contribution in [2.45, 2.75) is 18.4 Å². The van der Waals surface area contributed by atoms with E-state index in [2.05, 4.69) is 6.58 Å². The van der Waals surface area contributed by atoms with Crippen molar-refractivity contribution in [3.05, 3.63) is 66.2 Å². The van der Waals surface area contributed by atoms with E-state index in [1.807, 2.05) is 31.2 Å². The highest BCUT2D eigenvalue weighted by Crippen LogP contribution is 2.24. The molecule has 0 aliphatic carbocycles. The van der Waals surface area contributed by atoms with Crippen molar-refractivity contribution in [1.29, 1.82) is 0 Å². The molecule has 2 rings (SSSR count). The van der Waals surface area contributed by atoms with E-state index in [9.17, 15) is 8.42 Å². The SMILES string of the molecule is C=CCOc1ccc(CN(C)S(=O)(=O)c2ccc(OC)c(C)c2)cc1. The standard InChI is InChI=1S/C19H23NO4S/c1-5-12-24-17-8-6-16(7-9-17)14-20(3)25(21,22)18-10-11-19(23-4)15(2)13-18/h5-11,13H,1,12,14H2,2-4H3. The molecule has 0 aliphatic rings. The molecule has 5 nitrogen and oxygen atoms in total. The Morgan fingerprint density at radius 2 is 1.84 bits per heavy atom. The minimum atomic E-state index is -3.58. The number of methoxy groups -OCH3 is 1. The number of hydrogen-bond acceptors (Lipinski definition) is 4. The second-order valence-electron chi connectivity index (χ2n) is 5.64.